The predicted octanol–water partition coefficient (Wildman–Crippen LogP) is 3.70. The van der Waals surface area contributed by atoms with E-state index in [1.165, 1.54) is 12.1 Å². The summed E-state index contributed by atoms with van der Waals surface area (Å²) in [6, 6.07) is 11.8. The summed E-state index contributed by atoms with van der Waals surface area (Å²) in [5.74, 6) is 0.681. The summed E-state index contributed by atoms with van der Waals surface area (Å²) >= 11 is 0. The number of nitrogens with zero attached hydrogens (tertiary/aromatic N) is 5. The van der Waals surface area contributed by atoms with Crippen LogP contribution in [0.15, 0.2) is 61.1 Å². The molecule has 2 aromatic carbocycles. The number of carbonyl (C=O) groups is 2. The van der Waals surface area contributed by atoms with E-state index < -0.39 is 6.61 Å². The molecule has 0 unspecified atom stereocenters. The minimum atomic E-state index is -2.88. The molecule has 0 radical (unpaired) electrons. The zero-order valence-corrected chi connectivity index (χ0v) is 22.4. The average molecular weight is 562 g/mol. The van der Waals surface area contributed by atoms with Crippen LogP contribution < -0.4 is 15.4 Å². The quantitative estimate of drug-likeness (QED) is 0.355. The third kappa shape index (κ3) is 5.42. The Bertz CT molecular complexity index is 1580. The van der Waals surface area contributed by atoms with Gasteiger partial charge >= 0.3 is 6.61 Å². The van der Waals surface area contributed by atoms with Crippen LogP contribution in [0.4, 0.5) is 20.3 Å². The number of anilines is 2. The number of rotatable bonds is 7. The number of nitrogens with one attached hydrogen (secondary N) is 2. The highest BCUT2D eigenvalue weighted by Crippen LogP contribution is 2.28. The van der Waals surface area contributed by atoms with Crippen LogP contribution in [-0.2, 0) is 4.79 Å². The third-order valence-corrected chi connectivity index (χ3v) is 7.52. The molecule has 2 aliphatic rings. The number of hydrogen-bond acceptors (Lipinski definition) is 7. The van der Waals surface area contributed by atoms with Crippen LogP contribution in [0.1, 0.15) is 22.3 Å². The first-order valence-electron chi connectivity index (χ1n) is 13.4. The molecule has 212 valence electrons. The normalized spacial score (nSPS) is 17.0. The summed E-state index contributed by atoms with van der Waals surface area (Å²) in [5.41, 5.74) is 4.31. The second kappa shape index (κ2) is 11.1. The number of halogens is 2. The summed E-state index contributed by atoms with van der Waals surface area (Å²) < 4.78 is 31.3. The van der Waals surface area contributed by atoms with Crippen molar-refractivity contribution in [2.45, 2.75) is 26.0 Å². The molecule has 1 atom stereocenters. The second-order valence-electron chi connectivity index (χ2n) is 10.1. The van der Waals surface area contributed by atoms with E-state index in [2.05, 4.69) is 25.3 Å². The molecule has 2 aliphatic heterocycles. The van der Waals surface area contributed by atoms with Gasteiger partial charge in [0.1, 0.15) is 5.75 Å². The number of amides is 2. The Morgan fingerprint density at radius 2 is 1.78 bits per heavy atom. The van der Waals surface area contributed by atoms with Crippen molar-refractivity contribution in [3.8, 4) is 17.0 Å². The average Bonchev–Trinajstić information content (AvgIpc) is 3.37. The van der Waals surface area contributed by atoms with Crippen molar-refractivity contribution in [3.63, 3.8) is 0 Å². The molecule has 0 aliphatic carbocycles. The Balaban J connectivity index is 1.14. The Kier molecular flexibility index (Phi) is 7.23. The molecule has 41 heavy (non-hydrogen) atoms. The molecular formula is C29H29F2N7O3. The molecular weight excluding hydrogens is 532 g/mol. The Labute approximate surface area is 234 Å². The number of hydrogen-bond donors (Lipinski definition) is 2. The van der Waals surface area contributed by atoms with Crippen molar-refractivity contribution < 1.29 is 23.1 Å². The largest absolute Gasteiger partial charge is 0.435 e. The zero-order chi connectivity index (χ0) is 28.5. The minimum absolute atomic E-state index is 0.0500. The van der Waals surface area contributed by atoms with E-state index in [1.54, 1.807) is 41.7 Å². The molecule has 0 saturated carbocycles. The van der Waals surface area contributed by atoms with Crippen molar-refractivity contribution >= 4 is 29.0 Å². The fraction of sp³-hybridized carbons (Fsp3) is 0.310. The molecule has 0 spiro atoms. The Hall–Kier alpha value is -4.58. The molecule has 0 bridgehead atoms. The molecule has 4 aromatic rings. The number of carbonyl (C=O) groups excluding carboxylic acids is 2. The van der Waals surface area contributed by atoms with Gasteiger partial charge in [0.25, 0.3) is 5.91 Å². The van der Waals surface area contributed by atoms with Gasteiger partial charge in [-0.3, -0.25) is 14.0 Å². The molecule has 2 saturated heterocycles. The number of benzene rings is 2. The van der Waals surface area contributed by atoms with E-state index in [0.29, 0.717) is 43.2 Å². The summed E-state index contributed by atoms with van der Waals surface area (Å²) in [7, 11) is 0. The number of aryl methyl sites for hydroxylation is 1. The minimum Gasteiger partial charge on any atom is -0.435 e. The van der Waals surface area contributed by atoms with Gasteiger partial charge < -0.3 is 25.2 Å². The van der Waals surface area contributed by atoms with Gasteiger partial charge in [0.05, 0.1) is 17.9 Å². The number of piperazine rings is 1. The lowest BCUT2D eigenvalue weighted by Gasteiger charge is -2.38. The van der Waals surface area contributed by atoms with Crippen molar-refractivity contribution in [1.29, 1.82) is 0 Å². The standard InChI is InChI=1S/C29H29F2N7O3/c1-18-16-20(4-7-22(18)27(39)36-12-14-37(15-13-36)28(40)23-8-9-32-23)35-25-26-34-17-24(38(26)11-10-33-25)19-2-5-21(6-3-19)41-29(30)31/h2-7,10-11,16-17,23,29,32H,8-9,12-15H2,1H3,(H,33,35)/t23-/m0/s1. The van der Waals surface area contributed by atoms with E-state index in [-0.39, 0.29) is 23.6 Å². The van der Waals surface area contributed by atoms with E-state index >= 15 is 0 Å². The predicted molar refractivity (Wildman–Crippen MR) is 148 cm³/mol. The van der Waals surface area contributed by atoms with Crippen LogP contribution in [0.25, 0.3) is 16.9 Å². The number of alkyl halides is 2. The molecule has 10 nitrogen and oxygen atoms in total. The van der Waals surface area contributed by atoms with Gasteiger partial charge in [-0.25, -0.2) is 9.97 Å². The molecule has 2 amide bonds. The van der Waals surface area contributed by atoms with Gasteiger partial charge in [-0.1, -0.05) is 0 Å². The smallest absolute Gasteiger partial charge is 0.387 e. The van der Waals surface area contributed by atoms with Crippen molar-refractivity contribution in [1.82, 2.24) is 29.5 Å². The fourth-order valence-electron chi connectivity index (χ4n) is 5.17. The molecule has 12 heteroatoms. The van der Waals surface area contributed by atoms with Gasteiger partial charge in [-0.05, 0) is 67.9 Å². The number of imidazole rings is 1. The molecule has 2 N–H and O–H groups in total. The maximum Gasteiger partial charge on any atom is 0.387 e. The molecule has 2 fully saturated rings. The van der Waals surface area contributed by atoms with E-state index in [0.717, 1.165) is 35.5 Å². The van der Waals surface area contributed by atoms with Crippen molar-refractivity contribution in [2.75, 3.05) is 38.0 Å². The highest BCUT2D eigenvalue weighted by molar-refractivity contribution is 5.96. The monoisotopic (exact) mass is 561 g/mol. The lowest BCUT2D eigenvalue weighted by atomic mass is 10.0. The summed E-state index contributed by atoms with van der Waals surface area (Å²) in [6.07, 6.45) is 5.98. The molecule has 2 aromatic heterocycles. The van der Waals surface area contributed by atoms with Crippen molar-refractivity contribution in [3.05, 3.63) is 72.2 Å². The number of ether oxygens (including phenoxy) is 1. The lowest BCUT2D eigenvalue weighted by Crippen LogP contribution is -2.59. The summed E-state index contributed by atoms with van der Waals surface area (Å²) in [4.78, 5) is 38.4. The van der Waals surface area contributed by atoms with Crippen LogP contribution in [0.2, 0.25) is 0 Å². The van der Waals surface area contributed by atoms with Crippen LogP contribution >= 0.6 is 0 Å². The Morgan fingerprint density at radius 3 is 2.44 bits per heavy atom. The first-order valence-corrected chi connectivity index (χ1v) is 13.4. The Morgan fingerprint density at radius 1 is 1.05 bits per heavy atom. The van der Waals surface area contributed by atoms with Gasteiger partial charge in [-0.15, -0.1) is 0 Å². The van der Waals surface area contributed by atoms with Crippen molar-refractivity contribution in [2.24, 2.45) is 0 Å². The van der Waals surface area contributed by atoms with E-state index in [9.17, 15) is 18.4 Å². The van der Waals surface area contributed by atoms with Gasteiger partial charge in [0, 0.05) is 55.4 Å². The molecule has 6 rings (SSSR count). The van der Waals surface area contributed by atoms with Gasteiger partial charge in [0.2, 0.25) is 5.91 Å². The van der Waals surface area contributed by atoms with E-state index in [4.69, 9.17) is 0 Å². The first-order chi connectivity index (χ1) is 19.9. The van der Waals surface area contributed by atoms with Crippen LogP contribution in [0.5, 0.6) is 5.75 Å². The highest BCUT2D eigenvalue weighted by atomic mass is 19.3. The summed E-state index contributed by atoms with van der Waals surface area (Å²) in [6.45, 7) is 1.98. The van der Waals surface area contributed by atoms with Crippen LogP contribution in [-0.4, -0.2) is 81.4 Å². The maximum absolute atomic E-state index is 13.3. The lowest BCUT2D eigenvalue weighted by molar-refractivity contribution is -0.136. The van der Waals surface area contributed by atoms with Crippen LogP contribution in [0.3, 0.4) is 0 Å². The van der Waals surface area contributed by atoms with E-state index in [1.807, 2.05) is 28.4 Å². The number of fused-ring (bicyclic) bond motifs is 1. The fourth-order valence-corrected chi connectivity index (χ4v) is 5.17. The molecule has 4 heterocycles. The third-order valence-electron chi connectivity index (χ3n) is 7.52. The first kappa shape index (κ1) is 26.6. The second-order valence-corrected chi connectivity index (χ2v) is 10.1. The van der Waals surface area contributed by atoms with Gasteiger partial charge in [-0.2, -0.15) is 8.78 Å². The topological polar surface area (TPSA) is 104 Å². The summed E-state index contributed by atoms with van der Waals surface area (Å²) in [5, 5.41) is 6.44. The van der Waals surface area contributed by atoms with Gasteiger partial charge in [0.15, 0.2) is 11.5 Å². The zero-order valence-electron chi connectivity index (χ0n) is 22.4. The maximum atomic E-state index is 13.3. The van der Waals surface area contributed by atoms with Crippen LogP contribution in [0, 0.1) is 6.92 Å². The highest BCUT2D eigenvalue weighted by Gasteiger charge is 2.32. The number of aromatic nitrogens is 3. The SMILES string of the molecule is Cc1cc(Nc2nccn3c(-c4ccc(OC(F)F)cc4)cnc23)ccc1C(=O)N1CCN(C(=O)[C@@H]2CCN2)CC1.